The minimum Gasteiger partial charge on any atom is -0.505 e. The highest BCUT2D eigenvalue weighted by Gasteiger charge is 2.18. The fourth-order valence-electron chi connectivity index (χ4n) is 2.08. The number of fused-ring (bicyclic) bond motifs is 1. The molecular formula is C16H11ClN2O2. The number of hydrogen-bond acceptors (Lipinski definition) is 3. The van der Waals surface area contributed by atoms with E-state index in [4.69, 9.17) is 11.6 Å². The molecule has 3 rings (SSSR count). The number of carbonyl (C=O) groups is 1. The molecule has 2 N–H and O–H groups in total. The topological polar surface area (TPSA) is 62.2 Å². The number of aromatic nitrogens is 1. The number of amides is 1. The largest absolute Gasteiger partial charge is 0.505 e. The lowest BCUT2D eigenvalue weighted by Gasteiger charge is -2.09. The van der Waals surface area contributed by atoms with Crippen molar-refractivity contribution in [2.75, 3.05) is 5.32 Å². The molecule has 0 aliphatic rings. The molecule has 104 valence electrons. The fourth-order valence-corrected chi connectivity index (χ4v) is 2.33. The van der Waals surface area contributed by atoms with Crippen LogP contribution in [0.1, 0.15) is 10.5 Å². The predicted molar refractivity (Wildman–Crippen MR) is 82.8 cm³/mol. The molecule has 4 nitrogen and oxygen atoms in total. The average molecular weight is 299 g/mol. The summed E-state index contributed by atoms with van der Waals surface area (Å²) in [6.45, 7) is 0. The highest BCUT2D eigenvalue weighted by molar-refractivity contribution is 6.35. The maximum Gasteiger partial charge on any atom is 0.278 e. The Bertz CT molecular complexity index is 819. The Labute approximate surface area is 126 Å². The highest BCUT2D eigenvalue weighted by atomic mass is 35.5. The van der Waals surface area contributed by atoms with Gasteiger partial charge in [0.25, 0.3) is 5.91 Å². The Kier molecular flexibility index (Phi) is 3.46. The number of rotatable bonds is 2. The minimum atomic E-state index is -0.508. The number of para-hydroxylation sites is 1. The van der Waals surface area contributed by atoms with E-state index >= 15 is 0 Å². The summed E-state index contributed by atoms with van der Waals surface area (Å²) in [6, 6.07) is 15.9. The number of pyridine rings is 1. The Morgan fingerprint density at radius 2 is 1.62 bits per heavy atom. The third-order valence-corrected chi connectivity index (χ3v) is 3.37. The van der Waals surface area contributed by atoms with Crippen LogP contribution in [0.2, 0.25) is 5.15 Å². The Hall–Kier alpha value is -2.59. The van der Waals surface area contributed by atoms with E-state index in [9.17, 15) is 9.90 Å². The molecule has 0 bridgehead atoms. The van der Waals surface area contributed by atoms with Gasteiger partial charge >= 0.3 is 0 Å². The number of nitrogens with one attached hydrogen (secondary N) is 1. The van der Waals surface area contributed by atoms with Crippen molar-refractivity contribution in [2.45, 2.75) is 0 Å². The van der Waals surface area contributed by atoms with Crippen molar-refractivity contribution in [2.24, 2.45) is 0 Å². The van der Waals surface area contributed by atoms with Gasteiger partial charge in [-0.25, -0.2) is 4.98 Å². The molecule has 0 spiro atoms. The van der Waals surface area contributed by atoms with Crippen molar-refractivity contribution in [3.05, 3.63) is 65.4 Å². The van der Waals surface area contributed by atoms with Gasteiger partial charge in [0.1, 0.15) is 5.15 Å². The van der Waals surface area contributed by atoms with Gasteiger partial charge in [0.05, 0.1) is 0 Å². The zero-order chi connectivity index (χ0) is 14.8. The number of nitrogens with zero attached hydrogens (tertiary/aromatic N) is 1. The molecule has 0 aliphatic carbocycles. The van der Waals surface area contributed by atoms with E-state index in [1.54, 1.807) is 48.5 Å². The Balaban J connectivity index is 2.04. The van der Waals surface area contributed by atoms with Gasteiger partial charge in [0.2, 0.25) is 0 Å². The number of aromatic hydroxyl groups is 1. The standard InChI is InChI=1S/C16H11ClN2O2/c17-15-12-9-5-4-8-11(12)14(20)13(19-15)16(21)18-10-6-2-1-3-7-10/h1-9,20H,(H,18,21). The molecule has 1 heterocycles. The van der Waals surface area contributed by atoms with Crippen LogP contribution in [0.15, 0.2) is 54.6 Å². The smallest absolute Gasteiger partial charge is 0.278 e. The van der Waals surface area contributed by atoms with Gasteiger partial charge in [0.15, 0.2) is 11.4 Å². The van der Waals surface area contributed by atoms with Crippen molar-refractivity contribution in [3.63, 3.8) is 0 Å². The van der Waals surface area contributed by atoms with Gasteiger partial charge in [-0.3, -0.25) is 4.79 Å². The van der Waals surface area contributed by atoms with E-state index in [1.165, 1.54) is 0 Å². The summed E-state index contributed by atoms with van der Waals surface area (Å²) < 4.78 is 0. The van der Waals surface area contributed by atoms with Crippen LogP contribution in [-0.2, 0) is 0 Å². The van der Waals surface area contributed by atoms with Gasteiger partial charge < -0.3 is 10.4 Å². The molecule has 3 aromatic rings. The van der Waals surface area contributed by atoms with Gasteiger partial charge in [-0.15, -0.1) is 0 Å². The second-order valence-electron chi connectivity index (χ2n) is 4.47. The maximum atomic E-state index is 12.2. The highest BCUT2D eigenvalue weighted by Crippen LogP contribution is 2.32. The van der Waals surface area contributed by atoms with E-state index in [1.807, 2.05) is 6.07 Å². The molecule has 1 amide bonds. The number of anilines is 1. The molecular weight excluding hydrogens is 288 g/mol. The Morgan fingerprint density at radius 1 is 1.00 bits per heavy atom. The molecule has 0 unspecified atom stereocenters. The summed E-state index contributed by atoms with van der Waals surface area (Å²) >= 11 is 6.08. The second kappa shape index (κ2) is 5.42. The van der Waals surface area contributed by atoms with Crippen LogP contribution in [0.25, 0.3) is 10.8 Å². The van der Waals surface area contributed by atoms with Crippen LogP contribution < -0.4 is 5.32 Å². The first kappa shape index (κ1) is 13.4. The monoisotopic (exact) mass is 298 g/mol. The third kappa shape index (κ3) is 2.53. The summed E-state index contributed by atoms with van der Waals surface area (Å²) in [5.41, 5.74) is 0.524. The van der Waals surface area contributed by atoms with Crippen molar-refractivity contribution < 1.29 is 9.90 Å². The van der Waals surface area contributed by atoms with Crippen LogP contribution in [0, 0.1) is 0 Å². The van der Waals surface area contributed by atoms with Crippen LogP contribution in [0.5, 0.6) is 5.75 Å². The molecule has 0 saturated heterocycles. The lowest BCUT2D eigenvalue weighted by Crippen LogP contribution is -2.14. The average Bonchev–Trinajstić information content (AvgIpc) is 2.52. The van der Waals surface area contributed by atoms with Gasteiger partial charge in [0, 0.05) is 16.5 Å². The number of hydrogen-bond donors (Lipinski definition) is 2. The van der Waals surface area contributed by atoms with E-state index in [0.717, 1.165) is 0 Å². The molecule has 0 radical (unpaired) electrons. The van der Waals surface area contributed by atoms with E-state index < -0.39 is 5.91 Å². The Morgan fingerprint density at radius 3 is 2.33 bits per heavy atom. The fraction of sp³-hybridized carbons (Fsp3) is 0. The number of halogens is 1. The van der Waals surface area contributed by atoms with E-state index in [2.05, 4.69) is 10.3 Å². The lowest BCUT2D eigenvalue weighted by atomic mass is 10.1. The molecule has 2 aromatic carbocycles. The zero-order valence-corrected chi connectivity index (χ0v) is 11.6. The van der Waals surface area contributed by atoms with Crippen LogP contribution >= 0.6 is 11.6 Å². The molecule has 0 fully saturated rings. The van der Waals surface area contributed by atoms with Crippen molar-refractivity contribution in [3.8, 4) is 5.75 Å². The van der Waals surface area contributed by atoms with Gasteiger partial charge in [-0.05, 0) is 12.1 Å². The van der Waals surface area contributed by atoms with Crippen LogP contribution in [0.4, 0.5) is 5.69 Å². The minimum absolute atomic E-state index is 0.0949. The first-order chi connectivity index (χ1) is 10.2. The maximum absolute atomic E-state index is 12.2. The molecule has 5 heteroatoms. The summed E-state index contributed by atoms with van der Waals surface area (Å²) in [6.07, 6.45) is 0. The second-order valence-corrected chi connectivity index (χ2v) is 4.82. The van der Waals surface area contributed by atoms with Crippen molar-refractivity contribution in [1.82, 2.24) is 4.98 Å². The molecule has 0 atom stereocenters. The predicted octanol–water partition coefficient (Wildman–Crippen LogP) is 3.85. The summed E-state index contributed by atoms with van der Waals surface area (Å²) in [5, 5.41) is 14.2. The molecule has 0 aliphatic heterocycles. The van der Waals surface area contributed by atoms with E-state index in [0.29, 0.717) is 16.5 Å². The third-order valence-electron chi connectivity index (χ3n) is 3.09. The summed E-state index contributed by atoms with van der Waals surface area (Å²) in [7, 11) is 0. The normalized spacial score (nSPS) is 10.5. The summed E-state index contributed by atoms with van der Waals surface area (Å²) in [5.74, 6) is -0.685. The van der Waals surface area contributed by atoms with Crippen LogP contribution in [0.3, 0.4) is 0 Å². The molecule has 1 aromatic heterocycles. The van der Waals surface area contributed by atoms with Crippen LogP contribution in [-0.4, -0.2) is 16.0 Å². The zero-order valence-electron chi connectivity index (χ0n) is 10.9. The SMILES string of the molecule is O=C(Nc1ccccc1)c1nc(Cl)c2ccccc2c1O. The molecule has 21 heavy (non-hydrogen) atoms. The van der Waals surface area contributed by atoms with Gasteiger partial charge in [-0.1, -0.05) is 54.1 Å². The molecule has 0 saturated carbocycles. The quantitative estimate of drug-likeness (QED) is 0.706. The first-order valence-corrected chi connectivity index (χ1v) is 6.68. The summed E-state index contributed by atoms with van der Waals surface area (Å²) in [4.78, 5) is 16.2. The van der Waals surface area contributed by atoms with Crippen molar-refractivity contribution in [1.29, 1.82) is 0 Å². The first-order valence-electron chi connectivity index (χ1n) is 6.30. The number of carbonyl (C=O) groups excluding carboxylic acids is 1. The lowest BCUT2D eigenvalue weighted by molar-refractivity contribution is 0.102. The van der Waals surface area contributed by atoms with Gasteiger partial charge in [-0.2, -0.15) is 0 Å². The number of benzene rings is 2. The van der Waals surface area contributed by atoms with E-state index in [-0.39, 0.29) is 16.6 Å². The van der Waals surface area contributed by atoms with Crippen molar-refractivity contribution >= 4 is 34.0 Å².